The summed E-state index contributed by atoms with van der Waals surface area (Å²) >= 11 is 0. The van der Waals surface area contributed by atoms with Crippen molar-refractivity contribution in [3.8, 4) is 0 Å². The van der Waals surface area contributed by atoms with Gasteiger partial charge in [-0.05, 0) is 49.4 Å². The maximum Gasteiger partial charge on any atom is 0.325 e. The highest BCUT2D eigenvalue weighted by atomic mass is 19.1. The SMILES string of the molecule is CC(=O)C(C)(CCNC(=O)CN)CCOC(=O)C1NC1c1cc2cc(F)ccc2cn1. The van der Waals surface area contributed by atoms with Gasteiger partial charge in [0.05, 0.1) is 24.9 Å². The third-order valence-electron chi connectivity index (χ3n) is 5.79. The number of ketones is 1. The number of halogens is 1. The number of nitrogens with two attached hydrogens (primary N) is 1. The third-order valence-corrected chi connectivity index (χ3v) is 5.79. The number of nitrogens with zero attached hydrogens (tertiary/aromatic N) is 1. The number of ether oxygens (including phenoxy) is 1. The lowest BCUT2D eigenvalue weighted by atomic mass is 9.80. The Kier molecular flexibility index (Phi) is 6.97. The van der Waals surface area contributed by atoms with Crippen LogP contribution in [0.2, 0.25) is 0 Å². The van der Waals surface area contributed by atoms with Crippen LogP contribution in [0.25, 0.3) is 10.8 Å². The van der Waals surface area contributed by atoms with Gasteiger partial charge in [0, 0.05) is 23.5 Å². The van der Waals surface area contributed by atoms with Gasteiger partial charge in [-0.2, -0.15) is 0 Å². The van der Waals surface area contributed by atoms with Crippen molar-refractivity contribution in [3.05, 3.63) is 42.0 Å². The van der Waals surface area contributed by atoms with Crippen LogP contribution in [0.5, 0.6) is 0 Å². The van der Waals surface area contributed by atoms with Gasteiger partial charge < -0.3 is 15.8 Å². The number of carbonyl (C=O) groups is 3. The van der Waals surface area contributed by atoms with Crippen LogP contribution in [0.3, 0.4) is 0 Å². The van der Waals surface area contributed by atoms with E-state index in [1.54, 1.807) is 25.3 Å². The Morgan fingerprint density at radius 1 is 1.26 bits per heavy atom. The van der Waals surface area contributed by atoms with Crippen LogP contribution in [-0.4, -0.2) is 48.4 Å². The number of benzene rings is 1. The number of carbonyl (C=O) groups excluding carboxylic acids is 3. The molecule has 3 rings (SSSR count). The van der Waals surface area contributed by atoms with Crippen molar-refractivity contribution in [2.75, 3.05) is 19.7 Å². The molecule has 4 N–H and O–H groups in total. The summed E-state index contributed by atoms with van der Waals surface area (Å²) in [5.74, 6) is -1.08. The third kappa shape index (κ3) is 5.62. The topological polar surface area (TPSA) is 133 Å². The van der Waals surface area contributed by atoms with E-state index in [0.29, 0.717) is 30.5 Å². The molecule has 0 saturated carbocycles. The first-order valence-electron chi connectivity index (χ1n) is 10.2. The summed E-state index contributed by atoms with van der Waals surface area (Å²) in [6.07, 6.45) is 2.42. The maximum absolute atomic E-state index is 13.5. The Labute approximate surface area is 179 Å². The van der Waals surface area contributed by atoms with Gasteiger partial charge in [0.15, 0.2) is 0 Å². The van der Waals surface area contributed by atoms with Crippen molar-refractivity contribution in [1.29, 1.82) is 0 Å². The predicted molar refractivity (Wildman–Crippen MR) is 112 cm³/mol. The molecular weight excluding hydrogens is 403 g/mol. The van der Waals surface area contributed by atoms with Gasteiger partial charge in [0.25, 0.3) is 0 Å². The number of aromatic nitrogens is 1. The molecule has 1 aromatic carbocycles. The van der Waals surface area contributed by atoms with Gasteiger partial charge in [0.1, 0.15) is 17.6 Å². The van der Waals surface area contributed by atoms with Crippen molar-refractivity contribution < 1.29 is 23.5 Å². The fourth-order valence-corrected chi connectivity index (χ4v) is 3.39. The van der Waals surface area contributed by atoms with Gasteiger partial charge in [0.2, 0.25) is 5.91 Å². The monoisotopic (exact) mass is 430 g/mol. The summed E-state index contributed by atoms with van der Waals surface area (Å²) in [6, 6.07) is 5.40. The molecule has 1 amide bonds. The molecule has 9 heteroatoms. The lowest BCUT2D eigenvalue weighted by Gasteiger charge is -2.26. The number of Topliss-reactive ketones (excluding diaryl/α,β-unsaturated/α-hetero) is 1. The second kappa shape index (κ2) is 9.49. The molecule has 0 aliphatic carbocycles. The number of nitrogens with one attached hydrogen (secondary N) is 2. The number of hydrogen-bond donors (Lipinski definition) is 3. The molecule has 0 bridgehead atoms. The zero-order chi connectivity index (χ0) is 22.6. The van der Waals surface area contributed by atoms with E-state index in [4.69, 9.17) is 10.5 Å². The van der Waals surface area contributed by atoms with Crippen LogP contribution in [0, 0.1) is 11.2 Å². The van der Waals surface area contributed by atoms with Crippen molar-refractivity contribution >= 4 is 28.4 Å². The summed E-state index contributed by atoms with van der Waals surface area (Å²) in [5.41, 5.74) is 5.18. The molecule has 2 heterocycles. The first-order valence-corrected chi connectivity index (χ1v) is 10.2. The van der Waals surface area contributed by atoms with E-state index < -0.39 is 17.4 Å². The molecule has 2 aromatic rings. The summed E-state index contributed by atoms with van der Waals surface area (Å²) in [4.78, 5) is 40.1. The van der Waals surface area contributed by atoms with Gasteiger partial charge in [-0.3, -0.25) is 24.7 Å². The van der Waals surface area contributed by atoms with Crippen molar-refractivity contribution in [3.63, 3.8) is 0 Å². The summed E-state index contributed by atoms with van der Waals surface area (Å²) in [7, 11) is 0. The molecule has 1 fully saturated rings. The van der Waals surface area contributed by atoms with Crippen LogP contribution in [-0.2, 0) is 19.1 Å². The Hall–Kier alpha value is -2.91. The van der Waals surface area contributed by atoms with E-state index in [-0.39, 0.29) is 36.7 Å². The van der Waals surface area contributed by atoms with Gasteiger partial charge >= 0.3 is 5.97 Å². The lowest BCUT2D eigenvalue weighted by molar-refractivity contribution is -0.145. The zero-order valence-corrected chi connectivity index (χ0v) is 17.6. The largest absolute Gasteiger partial charge is 0.464 e. The molecule has 1 aliphatic rings. The molecule has 166 valence electrons. The van der Waals surface area contributed by atoms with Crippen molar-refractivity contribution in [2.24, 2.45) is 11.1 Å². The Bertz CT molecular complexity index is 999. The van der Waals surface area contributed by atoms with E-state index in [0.717, 1.165) is 5.39 Å². The molecule has 1 aromatic heterocycles. The molecule has 8 nitrogen and oxygen atoms in total. The standard InChI is InChI=1S/C22H27FN4O4/c1-13(28)22(2,5-7-25-18(29)11-24)6-8-31-21(30)20-19(27-20)17-10-15-9-16(23)4-3-14(15)12-26-17/h3-4,9-10,12,19-20,27H,5-8,11,24H2,1-2H3,(H,25,29). The Balaban J connectivity index is 1.50. The van der Waals surface area contributed by atoms with Crippen LogP contribution in [0.15, 0.2) is 30.5 Å². The molecule has 3 unspecified atom stereocenters. The molecule has 0 radical (unpaired) electrons. The van der Waals surface area contributed by atoms with E-state index in [9.17, 15) is 18.8 Å². The average molecular weight is 430 g/mol. The molecule has 1 saturated heterocycles. The predicted octanol–water partition coefficient (Wildman–Crippen LogP) is 1.38. The summed E-state index contributed by atoms with van der Waals surface area (Å²) in [6.45, 7) is 3.57. The molecule has 31 heavy (non-hydrogen) atoms. The van der Waals surface area contributed by atoms with E-state index in [2.05, 4.69) is 15.6 Å². The number of pyridine rings is 1. The maximum atomic E-state index is 13.5. The number of hydrogen-bond acceptors (Lipinski definition) is 7. The quantitative estimate of drug-likeness (QED) is 0.383. The first-order chi connectivity index (χ1) is 14.7. The Morgan fingerprint density at radius 2 is 2.03 bits per heavy atom. The molecule has 1 aliphatic heterocycles. The summed E-state index contributed by atoms with van der Waals surface area (Å²) in [5, 5.41) is 7.21. The van der Waals surface area contributed by atoms with Crippen LogP contribution >= 0.6 is 0 Å². The van der Waals surface area contributed by atoms with E-state index in [1.165, 1.54) is 19.1 Å². The van der Waals surface area contributed by atoms with E-state index in [1.807, 2.05) is 0 Å². The number of rotatable bonds is 10. The lowest BCUT2D eigenvalue weighted by Crippen LogP contribution is -2.36. The highest BCUT2D eigenvalue weighted by molar-refractivity contribution is 5.84. The molecule has 0 spiro atoms. The van der Waals surface area contributed by atoms with Crippen molar-refractivity contribution in [2.45, 2.75) is 38.8 Å². The Morgan fingerprint density at radius 3 is 2.74 bits per heavy atom. The number of fused-ring (bicyclic) bond motifs is 1. The minimum atomic E-state index is -0.720. The van der Waals surface area contributed by atoms with E-state index >= 15 is 0 Å². The smallest absolute Gasteiger partial charge is 0.325 e. The normalized spacial score (nSPS) is 19.5. The highest BCUT2D eigenvalue weighted by Crippen LogP contribution is 2.32. The second-order valence-corrected chi connectivity index (χ2v) is 8.06. The minimum absolute atomic E-state index is 0.0411. The average Bonchev–Trinajstić information content (AvgIpc) is 3.54. The molecule has 3 atom stereocenters. The minimum Gasteiger partial charge on any atom is -0.464 e. The van der Waals surface area contributed by atoms with Crippen LogP contribution in [0.1, 0.15) is 38.4 Å². The number of amides is 1. The van der Waals surface area contributed by atoms with Crippen LogP contribution in [0.4, 0.5) is 4.39 Å². The highest BCUT2D eigenvalue weighted by Gasteiger charge is 2.46. The van der Waals surface area contributed by atoms with Crippen LogP contribution < -0.4 is 16.4 Å². The van der Waals surface area contributed by atoms with Crippen molar-refractivity contribution in [1.82, 2.24) is 15.6 Å². The second-order valence-electron chi connectivity index (χ2n) is 8.06. The molecular formula is C22H27FN4O4. The number of esters is 1. The first kappa shape index (κ1) is 22.8. The zero-order valence-electron chi connectivity index (χ0n) is 17.6. The fourth-order valence-electron chi connectivity index (χ4n) is 3.39. The van der Waals surface area contributed by atoms with Gasteiger partial charge in [-0.15, -0.1) is 0 Å². The van der Waals surface area contributed by atoms with Gasteiger partial charge in [-0.25, -0.2) is 4.39 Å². The summed E-state index contributed by atoms with van der Waals surface area (Å²) < 4.78 is 18.8. The fraction of sp³-hybridized carbons (Fsp3) is 0.455. The van der Waals surface area contributed by atoms with Gasteiger partial charge in [-0.1, -0.05) is 6.92 Å².